The number of anilines is 1. The van der Waals surface area contributed by atoms with Crippen LogP contribution in [-0.2, 0) is 16.4 Å². The van der Waals surface area contributed by atoms with Gasteiger partial charge in [-0.15, -0.1) is 0 Å². The van der Waals surface area contributed by atoms with Crippen LogP contribution in [0, 0.1) is 5.82 Å². The molecule has 3 rings (SSSR count). The quantitative estimate of drug-likeness (QED) is 0.855. The fourth-order valence-electron chi connectivity index (χ4n) is 2.65. The minimum atomic E-state index is -3.74. The maximum atomic E-state index is 13.2. The molecule has 0 amide bonds. The van der Waals surface area contributed by atoms with Crippen molar-refractivity contribution < 1.29 is 12.8 Å². The summed E-state index contributed by atoms with van der Waals surface area (Å²) in [6.45, 7) is 0. The molecule has 2 aromatic rings. The van der Waals surface area contributed by atoms with E-state index in [1.54, 1.807) is 6.07 Å². The Kier molecular flexibility index (Phi) is 3.43. The molecule has 0 aromatic heterocycles. The van der Waals surface area contributed by atoms with Crippen molar-refractivity contribution in [3.05, 3.63) is 59.4 Å². The molecule has 0 saturated carbocycles. The van der Waals surface area contributed by atoms with Crippen molar-refractivity contribution in [2.45, 2.75) is 23.8 Å². The number of rotatable bonds is 3. The van der Waals surface area contributed by atoms with Gasteiger partial charge in [0.05, 0.1) is 4.90 Å². The maximum absolute atomic E-state index is 13.2. The maximum Gasteiger partial charge on any atom is 0.241 e. The number of halogens is 1. The minimum absolute atomic E-state index is 0.0635. The summed E-state index contributed by atoms with van der Waals surface area (Å²) in [5, 5.41) is 0. The molecular weight excluding hydrogens is 291 g/mol. The smallest absolute Gasteiger partial charge is 0.241 e. The van der Waals surface area contributed by atoms with Gasteiger partial charge in [-0.3, -0.25) is 0 Å². The van der Waals surface area contributed by atoms with Crippen molar-refractivity contribution in [3.63, 3.8) is 0 Å². The van der Waals surface area contributed by atoms with Crippen molar-refractivity contribution in [3.8, 4) is 0 Å². The molecule has 0 fully saturated rings. The van der Waals surface area contributed by atoms with Crippen molar-refractivity contribution in [1.82, 2.24) is 4.72 Å². The number of benzene rings is 2. The number of hydrogen-bond acceptors (Lipinski definition) is 3. The van der Waals surface area contributed by atoms with E-state index in [0.717, 1.165) is 23.6 Å². The predicted octanol–water partition coefficient (Wildman–Crippen LogP) is 2.37. The number of sulfonamides is 1. The highest BCUT2D eigenvalue weighted by molar-refractivity contribution is 7.89. The van der Waals surface area contributed by atoms with E-state index in [1.165, 1.54) is 18.2 Å². The molecule has 0 radical (unpaired) electrons. The third-order valence-electron chi connectivity index (χ3n) is 3.65. The van der Waals surface area contributed by atoms with Crippen LogP contribution in [0.1, 0.15) is 23.6 Å². The summed E-state index contributed by atoms with van der Waals surface area (Å²) in [5.74, 6) is -0.572. The largest absolute Gasteiger partial charge is 0.399 e. The first-order valence-electron chi connectivity index (χ1n) is 6.62. The van der Waals surface area contributed by atoms with E-state index in [1.807, 2.05) is 12.1 Å². The van der Waals surface area contributed by atoms with E-state index in [2.05, 4.69) is 4.72 Å². The number of nitrogen functional groups attached to an aromatic ring is 1. The molecule has 1 unspecified atom stereocenters. The molecular formula is C15H15FN2O2S. The minimum Gasteiger partial charge on any atom is -0.399 e. The van der Waals surface area contributed by atoms with Gasteiger partial charge < -0.3 is 5.73 Å². The van der Waals surface area contributed by atoms with Crippen LogP contribution in [0.25, 0.3) is 0 Å². The van der Waals surface area contributed by atoms with Crippen LogP contribution < -0.4 is 10.5 Å². The summed E-state index contributed by atoms with van der Waals surface area (Å²) in [7, 11) is -3.74. The predicted molar refractivity (Wildman–Crippen MR) is 78.6 cm³/mol. The molecule has 2 aromatic carbocycles. The number of hydrogen-bond donors (Lipinski definition) is 2. The number of aryl methyl sites for hydroxylation is 1. The van der Waals surface area contributed by atoms with Crippen LogP contribution in [0.3, 0.4) is 0 Å². The van der Waals surface area contributed by atoms with Crippen molar-refractivity contribution >= 4 is 15.7 Å². The van der Waals surface area contributed by atoms with E-state index < -0.39 is 15.8 Å². The molecule has 1 aliphatic rings. The third-order valence-corrected chi connectivity index (χ3v) is 5.12. The summed E-state index contributed by atoms with van der Waals surface area (Å²) >= 11 is 0. The van der Waals surface area contributed by atoms with Gasteiger partial charge >= 0.3 is 0 Å². The topological polar surface area (TPSA) is 72.2 Å². The van der Waals surface area contributed by atoms with Crippen LogP contribution in [0.4, 0.5) is 10.1 Å². The zero-order valence-corrected chi connectivity index (χ0v) is 12.0. The second-order valence-corrected chi connectivity index (χ2v) is 6.84. The summed E-state index contributed by atoms with van der Waals surface area (Å²) < 4.78 is 40.5. The van der Waals surface area contributed by atoms with Crippen LogP contribution in [0.2, 0.25) is 0 Å². The van der Waals surface area contributed by atoms with Gasteiger partial charge in [0.25, 0.3) is 0 Å². The first-order valence-corrected chi connectivity index (χ1v) is 8.10. The molecule has 1 atom stereocenters. The Morgan fingerprint density at radius 1 is 1.19 bits per heavy atom. The average Bonchev–Trinajstić information content (AvgIpc) is 2.80. The van der Waals surface area contributed by atoms with Crippen LogP contribution in [0.15, 0.2) is 47.4 Å². The van der Waals surface area contributed by atoms with Crippen molar-refractivity contribution in [2.75, 3.05) is 5.73 Å². The van der Waals surface area contributed by atoms with E-state index in [0.29, 0.717) is 12.1 Å². The Morgan fingerprint density at radius 2 is 2.00 bits per heavy atom. The number of nitrogens with two attached hydrogens (primary N) is 1. The van der Waals surface area contributed by atoms with Gasteiger partial charge in [0.1, 0.15) is 5.82 Å². The van der Waals surface area contributed by atoms with Gasteiger partial charge in [-0.25, -0.2) is 17.5 Å². The lowest BCUT2D eigenvalue weighted by atomic mass is 10.1. The van der Waals surface area contributed by atoms with E-state index >= 15 is 0 Å². The van der Waals surface area contributed by atoms with Gasteiger partial charge in [0.2, 0.25) is 10.0 Å². The molecule has 0 aliphatic heterocycles. The molecule has 110 valence electrons. The Hall–Kier alpha value is -1.92. The molecule has 0 spiro atoms. The fourth-order valence-corrected chi connectivity index (χ4v) is 3.93. The zero-order valence-electron chi connectivity index (χ0n) is 11.2. The SMILES string of the molecule is Nc1ccc2c(c1)CCC2NS(=O)(=O)c1cccc(F)c1. The normalized spacial score (nSPS) is 17.7. The molecule has 6 heteroatoms. The number of fused-ring (bicyclic) bond motifs is 1. The summed E-state index contributed by atoms with van der Waals surface area (Å²) in [6, 6.07) is 10.2. The molecule has 1 aliphatic carbocycles. The first kappa shape index (κ1) is 14.0. The lowest BCUT2D eigenvalue weighted by Gasteiger charge is -2.14. The van der Waals surface area contributed by atoms with E-state index in [-0.39, 0.29) is 10.9 Å². The van der Waals surface area contributed by atoms with Gasteiger partial charge in [0, 0.05) is 11.7 Å². The highest BCUT2D eigenvalue weighted by Crippen LogP contribution is 2.33. The van der Waals surface area contributed by atoms with E-state index in [4.69, 9.17) is 5.73 Å². The Morgan fingerprint density at radius 3 is 2.76 bits per heavy atom. The molecule has 3 N–H and O–H groups in total. The Bertz CT molecular complexity index is 790. The monoisotopic (exact) mass is 306 g/mol. The Balaban J connectivity index is 1.88. The van der Waals surface area contributed by atoms with Crippen LogP contribution in [-0.4, -0.2) is 8.42 Å². The van der Waals surface area contributed by atoms with Crippen molar-refractivity contribution in [1.29, 1.82) is 0 Å². The molecule has 0 bridgehead atoms. The highest BCUT2D eigenvalue weighted by atomic mass is 32.2. The molecule has 0 heterocycles. The standard InChI is InChI=1S/C15H15FN2O2S/c16-11-2-1-3-13(9-11)21(19,20)18-15-7-4-10-8-12(17)5-6-14(10)15/h1-3,5-6,8-9,15,18H,4,7,17H2. The number of nitrogens with one attached hydrogen (secondary N) is 1. The average molecular weight is 306 g/mol. The Labute approximate surface area is 122 Å². The summed E-state index contributed by atoms with van der Waals surface area (Å²) in [4.78, 5) is -0.0635. The molecule has 21 heavy (non-hydrogen) atoms. The van der Waals surface area contributed by atoms with Crippen LogP contribution in [0.5, 0.6) is 0 Å². The fraction of sp³-hybridized carbons (Fsp3) is 0.200. The molecule has 0 saturated heterocycles. The van der Waals surface area contributed by atoms with E-state index in [9.17, 15) is 12.8 Å². The first-order chi connectivity index (χ1) is 9.95. The summed E-state index contributed by atoms with van der Waals surface area (Å²) in [6.07, 6.45) is 1.45. The lowest BCUT2D eigenvalue weighted by Crippen LogP contribution is -2.27. The lowest BCUT2D eigenvalue weighted by molar-refractivity contribution is 0.552. The van der Waals surface area contributed by atoms with Crippen LogP contribution >= 0.6 is 0 Å². The second-order valence-electron chi connectivity index (χ2n) is 5.13. The van der Waals surface area contributed by atoms with Gasteiger partial charge in [-0.1, -0.05) is 12.1 Å². The van der Waals surface area contributed by atoms with Gasteiger partial charge in [-0.05, 0) is 54.3 Å². The highest BCUT2D eigenvalue weighted by Gasteiger charge is 2.27. The van der Waals surface area contributed by atoms with Crippen molar-refractivity contribution in [2.24, 2.45) is 0 Å². The zero-order chi connectivity index (χ0) is 15.0. The third kappa shape index (κ3) is 2.77. The van der Waals surface area contributed by atoms with Gasteiger partial charge in [0.15, 0.2) is 0 Å². The second kappa shape index (κ2) is 5.13. The summed E-state index contributed by atoms with van der Waals surface area (Å²) in [5.41, 5.74) is 8.39. The van der Waals surface area contributed by atoms with Gasteiger partial charge in [-0.2, -0.15) is 0 Å². The molecule has 4 nitrogen and oxygen atoms in total.